The summed E-state index contributed by atoms with van der Waals surface area (Å²) >= 11 is 5.65. The smallest absolute Gasteiger partial charge is 0.306 e. The van der Waals surface area contributed by atoms with Gasteiger partial charge in [-0.25, -0.2) is 0 Å². The van der Waals surface area contributed by atoms with Crippen LogP contribution in [0.3, 0.4) is 0 Å². The number of carbonyl (C=O) groups is 2. The van der Waals surface area contributed by atoms with E-state index in [1.807, 2.05) is 0 Å². The lowest BCUT2D eigenvalue weighted by atomic mass is 9.99. The number of carboxylic acids is 1. The molecule has 0 aliphatic carbocycles. The van der Waals surface area contributed by atoms with Crippen molar-refractivity contribution in [3.63, 3.8) is 0 Å². The second-order valence-corrected chi connectivity index (χ2v) is 3.47. The van der Waals surface area contributed by atoms with Crippen molar-refractivity contribution in [1.29, 1.82) is 0 Å². The van der Waals surface area contributed by atoms with Crippen LogP contribution in [0, 0.1) is 5.89 Å². The van der Waals surface area contributed by atoms with E-state index in [0.29, 0.717) is 0 Å². The summed E-state index contributed by atoms with van der Waals surface area (Å²) in [5, 5.41) is 8.97. The Balaban J connectivity index is 3.43. The molecule has 1 unspecified atom stereocenters. The molecule has 0 aliphatic heterocycles. The van der Waals surface area contributed by atoms with Gasteiger partial charge in [0.25, 0.3) is 0 Å². The van der Waals surface area contributed by atoms with E-state index in [1.165, 1.54) is 0 Å². The van der Waals surface area contributed by atoms with Crippen molar-refractivity contribution in [2.45, 2.75) is 13.3 Å². The lowest BCUT2D eigenvalue weighted by molar-refractivity contribution is -0.141. The molecular formula is C11H12ClNO3. The minimum Gasteiger partial charge on any atom is -0.481 e. The summed E-state index contributed by atoms with van der Waals surface area (Å²) < 4.78 is 30.4. The first-order chi connectivity index (χ1) is 8.92. The predicted octanol–water partition coefficient (Wildman–Crippen LogP) is 2.22. The van der Waals surface area contributed by atoms with E-state index in [9.17, 15) is 9.59 Å². The number of nitrogens with two attached hydrogens (primary N) is 1. The van der Waals surface area contributed by atoms with Crippen LogP contribution in [0.5, 0.6) is 0 Å². The quantitative estimate of drug-likeness (QED) is 0.630. The van der Waals surface area contributed by atoms with Gasteiger partial charge in [-0.3, -0.25) is 9.59 Å². The van der Waals surface area contributed by atoms with Crippen LogP contribution in [-0.4, -0.2) is 16.9 Å². The Morgan fingerprint density at radius 1 is 1.81 bits per heavy atom. The van der Waals surface area contributed by atoms with E-state index in [0.717, 1.165) is 19.1 Å². The highest BCUT2D eigenvalue weighted by Crippen LogP contribution is 2.20. The number of carboxylic acid groups (broad SMARTS) is 1. The molecule has 0 spiro atoms. The second kappa shape index (κ2) is 4.99. The first-order valence-corrected chi connectivity index (χ1v) is 4.64. The Morgan fingerprint density at radius 3 is 2.94 bits per heavy atom. The number of hydrogen-bond acceptors (Lipinski definition) is 3. The predicted molar refractivity (Wildman–Crippen MR) is 61.6 cm³/mol. The molecule has 0 bridgehead atoms. The maximum absolute atomic E-state index is 12.2. The average molecular weight is 246 g/mol. The van der Waals surface area contributed by atoms with E-state index < -0.39 is 35.6 Å². The zero-order chi connectivity index (χ0) is 15.9. The molecule has 0 aliphatic rings. The van der Waals surface area contributed by atoms with Crippen molar-refractivity contribution in [2.24, 2.45) is 5.89 Å². The van der Waals surface area contributed by atoms with Crippen molar-refractivity contribution in [3.05, 3.63) is 28.8 Å². The fourth-order valence-electron chi connectivity index (χ4n) is 0.970. The minimum atomic E-state index is -3.06. The molecule has 0 saturated heterocycles. The van der Waals surface area contributed by atoms with Crippen LogP contribution >= 0.6 is 11.6 Å². The molecule has 0 fully saturated rings. The Labute approximate surface area is 104 Å². The van der Waals surface area contributed by atoms with Crippen molar-refractivity contribution in [1.82, 2.24) is 0 Å². The van der Waals surface area contributed by atoms with Gasteiger partial charge in [0, 0.05) is 26.8 Å². The second-order valence-electron chi connectivity index (χ2n) is 3.03. The summed E-state index contributed by atoms with van der Waals surface area (Å²) in [4.78, 5) is 23.1. The highest BCUT2D eigenvalue weighted by molar-refractivity contribution is 6.31. The zero-order valence-electron chi connectivity index (χ0n) is 12.4. The largest absolute Gasteiger partial charge is 0.481 e. The Hall–Kier alpha value is -1.55. The van der Waals surface area contributed by atoms with Crippen LogP contribution in [0.2, 0.25) is 5.02 Å². The van der Waals surface area contributed by atoms with Crippen molar-refractivity contribution in [3.8, 4) is 0 Å². The van der Waals surface area contributed by atoms with Gasteiger partial charge in [-0.05, 0) is 18.2 Å². The van der Waals surface area contributed by atoms with Gasteiger partial charge in [-0.2, -0.15) is 0 Å². The molecule has 0 aromatic heterocycles. The number of nitrogen functional groups attached to an aromatic ring is 1. The van der Waals surface area contributed by atoms with Gasteiger partial charge >= 0.3 is 5.97 Å². The summed E-state index contributed by atoms with van der Waals surface area (Å²) in [6.45, 7) is 0.767. The third-order valence-electron chi connectivity index (χ3n) is 1.79. The molecule has 0 saturated carbocycles. The van der Waals surface area contributed by atoms with Gasteiger partial charge in [0.15, 0.2) is 5.78 Å². The van der Waals surface area contributed by atoms with E-state index >= 15 is 0 Å². The summed E-state index contributed by atoms with van der Waals surface area (Å²) in [7, 11) is 0. The van der Waals surface area contributed by atoms with Gasteiger partial charge in [0.2, 0.25) is 0 Å². The van der Waals surface area contributed by atoms with Crippen molar-refractivity contribution in [2.75, 3.05) is 5.73 Å². The highest BCUT2D eigenvalue weighted by Gasteiger charge is 2.18. The van der Waals surface area contributed by atoms with E-state index in [1.54, 1.807) is 0 Å². The van der Waals surface area contributed by atoms with Crippen molar-refractivity contribution < 1.29 is 20.2 Å². The maximum Gasteiger partial charge on any atom is 0.306 e. The van der Waals surface area contributed by atoms with Crippen LogP contribution in [-0.2, 0) is 4.79 Å². The van der Waals surface area contributed by atoms with Gasteiger partial charge in [0.1, 0.15) is 0 Å². The number of rotatable bonds is 4. The third kappa shape index (κ3) is 2.97. The first-order valence-electron chi connectivity index (χ1n) is 6.26. The molecular weight excluding hydrogens is 230 g/mol. The number of benzene rings is 1. The van der Waals surface area contributed by atoms with Crippen LogP contribution in [0.25, 0.3) is 0 Å². The molecule has 0 heterocycles. The molecule has 1 atom stereocenters. The first kappa shape index (κ1) is 7.68. The zero-order valence-corrected chi connectivity index (χ0v) is 9.13. The molecule has 4 nitrogen and oxygen atoms in total. The number of anilines is 1. The summed E-state index contributed by atoms with van der Waals surface area (Å²) in [6, 6.07) is 1.82. The minimum absolute atomic E-state index is 0.0940. The number of ketones is 1. The number of carbonyl (C=O) groups excluding carboxylic acids is 1. The number of Topliss-reactive ketones (excluding diaryl/α,β-unsaturated/α-hetero) is 1. The van der Waals surface area contributed by atoms with Crippen LogP contribution < -0.4 is 5.73 Å². The van der Waals surface area contributed by atoms with E-state index in [2.05, 4.69) is 0 Å². The van der Waals surface area contributed by atoms with E-state index in [4.69, 9.17) is 27.9 Å². The highest BCUT2D eigenvalue weighted by atomic mass is 35.5. The molecule has 1 rings (SSSR count). The van der Waals surface area contributed by atoms with Gasteiger partial charge in [-0.1, -0.05) is 18.5 Å². The summed E-state index contributed by atoms with van der Waals surface area (Å²) in [5.41, 5.74) is 4.81. The monoisotopic (exact) mass is 245 g/mol. The number of aliphatic carboxylic acids is 1. The van der Waals surface area contributed by atoms with Crippen LogP contribution in [0.4, 0.5) is 5.69 Å². The molecule has 0 radical (unpaired) electrons. The normalized spacial score (nSPS) is 18.6. The van der Waals surface area contributed by atoms with E-state index in [-0.39, 0.29) is 10.7 Å². The van der Waals surface area contributed by atoms with Gasteiger partial charge in [0.05, 0.1) is 7.26 Å². The van der Waals surface area contributed by atoms with Gasteiger partial charge < -0.3 is 10.8 Å². The molecule has 16 heavy (non-hydrogen) atoms. The summed E-state index contributed by atoms with van der Waals surface area (Å²) in [5.74, 6) is -5.85. The fraction of sp³-hybridized carbons (Fsp3) is 0.273. The number of hydrogen-bond donors (Lipinski definition) is 2. The lowest BCUT2D eigenvalue weighted by Gasteiger charge is -2.07. The molecule has 5 heteroatoms. The summed E-state index contributed by atoms with van der Waals surface area (Å²) in [6.07, 6.45) is -3.06. The van der Waals surface area contributed by atoms with Crippen LogP contribution in [0.15, 0.2) is 18.2 Å². The standard InChI is InChI=1S/C11H12ClNO3/c1-6(11(15)16)4-10(14)8-3-2-7(12)5-9(8)13/h2-3,5-6H,4,13H2,1H3,(H,15,16)/i3D,4D2,6D. The Morgan fingerprint density at radius 2 is 2.44 bits per heavy atom. The number of halogens is 1. The van der Waals surface area contributed by atoms with Gasteiger partial charge in [-0.15, -0.1) is 0 Å². The van der Waals surface area contributed by atoms with Crippen LogP contribution in [0.1, 0.15) is 29.1 Å². The molecule has 86 valence electrons. The lowest BCUT2D eigenvalue weighted by Crippen LogP contribution is -2.15. The maximum atomic E-state index is 12.2. The molecule has 0 amide bonds. The Bertz CT molecular complexity index is 566. The Kier molecular flexibility index (Phi) is 2.39. The molecule has 1 aromatic carbocycles. The average Bonchev–Trinajstić information content (AvgIpc) is 2.26. The van der Waals surface area contributed by atoms with Crippen molar-refractivity contribution >= 4 is 29.0 Å². The third-order valence-corrected chi connectivity index (χ3v) is 2.00. The molecule has 1 aromatic rings. The topological polar surface area (TPSA) is 80.4 Å². The fourth-order valence-corrected chi connectivity index (χ4v) is 1.14. The molecule has 3 N–H and O–H groups in total. The SMILES string of the molecule is [2H]c1cc(Cl)cc(N)c1C(=O)C([2H])([2H])C([2H])(C)C(=O)O.